The molecule has 2 nitrogen and oxygen atoms in total. The SMILES string of the molecule is Cc1cc(CC(O)C(C)(C)N)ccc1Cl. The van der Waals surface area contributed by atoms with Crippen LogP contribution in [0.15, 0.2) is 18.2 Å². The molecule has 0 aliphatic heterocycles. The first-order valence-electron chi connectivity index (χ1n) is 5.02. The Hall–Kier alpha value is -0.570. The van der Waals surface area contributed by atoms with E-state index < -0.39 is 11.6 Å². The third-order valence-electron chi connectivity index (χ3n) is 2.51. The van der Waals surface area contributed by atoms with Crippen molar-refractivity contribution in [1.29, 1.82) is 0 Å². The van der Waals surface area contributed by atoms with Gasteiger partial charge in [-0.25, -0.2) is 0 Å². The number of aryl methyl sites for hydroxylation is 1. The molecule has 3 N–H and O–H groups in total. The minimum absolute atomic E-state index is 0.543. The third-order valence-corrected chi connectivity index (χ3v) is 2.93. The molecule has 0 radical (unpaired) electrons. The molecule has 0 amide bonds. The highest BCUT2D eigenvalue weighted by Crippen LogP contribution is 2.19. The monoisotopic (exact) mass is 227 g/mol. The number of aliphatic hydroxyl groups is 1. The Morgan fingerprint density at radius 2 is 2.07 bits per heavy atom. The summed E-state index contributed by atoms with van der Waals surface area (Å²) in [7, 11) is 0. The van der Waals surface area contributed by atoms with E-state index in [1.165, 1.54) is 0 Å². The molecule has 0 aliphatic rings. The van der Waals surface area contributed by atoms with E-state index in [0.29, 0.717) is 6.42 Å². The molecule has 0 aromatic heterocycles. The van der Waals surface area contributed by atoms with Gasteiger partial charge in [0, 0.05) is 17.0 Å². The third kappa shape index (κ3) is 3.49. The van der Waals surface area contributed by atoms with Crippen LogP contribution in [0.2, 0.25) is 5.02 Å². The van der Waals surface area contributed by atoms with Crippen molar-refractivity contribution in [3.05, 3.63) is 34.3 Å². The molecule has 0 bridgehead atoms. The molecular weight excluding hydrogens is 210 g/mol. The predicted octanol–water partition coefficient (Wildman–Crippen LogP) is 2.29. The summed E-state index contributed by atoms with van der Waals surface area (Å²) in [4.78, 5) is 0. The fraction of sp³-hybridized carbons (Fsp3) is 0.500. The average molecular weight is 228 g/mol. The Morgan fingerprint density at radius 1 is 1.47 bits per heavy atom. The molecule has 0 saturated heterocycles. The molecule has 1 aromatic carbocycles. The molecule has 0 spiro atoms. The quantitative estimate of drug-likeness (QED) is 0.833. The second-order valence-corrected chi connectivity index (χ2v) is 5.03. The first-order valence-corrected chi connectivity index (χ1v) is 5.40. The van der Waals surface area contributed by atoms with Crippen LogP contribution >= 0.6 is 11.6 Å². The number of hydrogen-bond donors (Lipinski definition) is 2. The van der Waals surface area contributed by atoms with Crippen LogP contribution in [0.3, 0.4) is 0 Å². The van der Waals surface area contributed by atoms with Gasteiger partial charge >= 0.3 is 0 Å². The summed E-state index contributed by atoms with van der Waals surface area (Å²) >= 11 is 5.92. The van der Waals surface area contributed by atoms with Crippen LogP contribution in [-0.4, -0.2) is 16.7 Å². The van der Waals surface area contributed by atoms with Gasteiger partial charge in [-0.15, -0.1) is 0 Å². The highest BCUT2D eigenvalue weighted by atomic mass is 35.5. The van der Waals surface area contributed by atoms with Crippen LogP contribution in [0, 0.1) is 6.92 Å². The molecule has 0 fully saturated rings. The highest BCUT2D eigenvalue weighted by Gasteiger charge is 2.22. The van der Waals surface area contributed by atoms with E-state index in [0.717, 1.165) is 16.1 Å². The largest absolute Gasteiger partial charge is 0.391 e. The molecule has 1 rings (SSSR count). The van der Waals surface area contributed by atoms with Crippen molar-refractivity contribution in [3.63, 3.8) is 0 Å². The molecule has 1 atom stereocenters. The van der Waals surface area contributed by atoms with Crippen molar-refractivity contribution >= 4 is 11.6 Å². The minimum atomic E-state index is -0.576. The highest BCUT2D eigenvalue weighted by molar-refractivity contribution is 6.31. The number of halogens is 1. The standard InChI is InChI=1S/C12H18ClNO/c1-8-6-9(4-5-10(8)13)7-11(15)12(2,3)14/h4-6,11,15H,7,14H2,1-3H3. The van der Waals surface area contributed by atoms with Crippen LogP contribution in [0.25, 0.3) is 0 Å². The summed E-state index contributed by atoms with van der Waals surface area (Å²) in [6.07, 6.45) is 0.0136. The van der Waals surface area contributed by atoms with Crippen molar-refractivity contribution in [2.75, 3.05) is 0 Å². The lowest BCUT2D eigenvalue weighted by Crippen LogP contribution is -2.46. The number of hydrogen-bond acceptors (Lipinski definition) is 2. The zero-order valence-electron chi connectivity index (χ0n) is 9.42. The molecule has 1 aromatic rings. The fourth-order valence-corrected chi connectivity index (χ4v) is 1.44. The molecule has 0 aliphatic carbocycles. The maximum atomic E-state index is 9.84. The van der Waals surface area contributed by atoms with E-state index in [4.69, 9.17) is 17.3 Å². The van der Waals surface area contributed by atoms with Crippen molar-refractivity contribution in [1.82, 2.24) is 0 Å². The van der Waals surface area contributed by atoms with E-state index >= 15 is 0 Å². The normalized spacial score (nSPS) is 14.0. The minimum Gasteiger partial charge on any atom is -0.391 e. The lowest BCUT2D eigenvalue weighted by molar-refractivity contribution is 0.104. The Labute approximate surface area is 96.1 Å². The van der Waals surface area contributed by atoms with Crippen molar-refractivity contribution in [2.45, 2.75) is 38.8 Å². The molecule has 0 saturated carbocycles. The average Bonchev–Trinajstić information content (AvgIpc) is 2.10. The molecule has 1 unspecified atom stereocenters. The molecular formula is C12H18ClNO. The molecule has 3 heteroatoms. The van der Waals surface area contributed by atoms with Gasteiger partial charge in [-0.05, 0) is 38.0 Å². The van der Waals surface area contributed by atoms with Crippen molar-refractivity contribution in [3.8, 4) is 0 Å². The van der Waals surface area contributed by atoms with E-state index in [2.05, 4.69) is 0 Å². The topological polar surface area (TPSA) is 46.2 Å². The van der Waals surface area contributed by atoms with Gasteiger partial charge in [0.05, 0.1) is 6.10 Å². The van der Waals surface area contributed by atoms with Gasteiger partial charge in [0.1, 0.15) is 0 Å². The Kier molecular flexibility index (Phi) is 3.77. The Balaban J connectivity index is 2.78. The summed E-state index contributed by atoms with van der Waals surface area (Å²) in [5, 5.41) is 10.6. The van der Waals surface area contributed by atoms with Crippen LogP contribution in [0.1, 0.15) is 25.0 Å². The van der Waals surface area contributed by atoms with Gasteiger partial charge < -0.3 is 10.8 Å². The van der Waals surface area contributed by atoms with Gasteiger partial charge in [-0.1, -0.05) is 23.7 Å². The van der Waals surface area contributed by atoms with E-state index in [9.17, 15) is 5.11 Å². The number of rotatable bonds is 3. The van der Waals surface area contributed by atoms with Crippen LogP contribution in [0.5, 0.6) is 0 Å². The van der Waals surface area contributed by atoms with Crippen molar-refractivity contribution < 1.29 is 5.11 Å². The Morgan fingerprint density at radius 3 is 2.53 bits per heavy atom. The summed E-state index contributed by atoms with van der Waals surface area (Å²) in [6, 6.07) is 5.75. The van der Waals surface area contributed by atoms with Crippen LogP contribution in [0.4, 0.5) is 0 Å². The van der Waals surface area contributed by atoms with E-state index in [1.807, 2.05) is 39.0 Å². The summed E-state index contributed by atoms with van der Waals surface area (Å²) in [5.41, 5.74) is 7.33. The Bertz CT molecular complexity index is 344. The van der Waals surface area contributed by atoms with Gasteiger partial charge in [-0.2, -0.15) is 0 Å². The van der Waals surface area contributed by atoms with Gasteiger partial charge in [0.25, 0.3) is 0 Å². The fourth-order valence-electron chi connectivity index (χ4n) is 1.32. The van der Waals surface area contributed by atoms with E-state index in [1.54, 1.807) is 0 Å². The second kappa shape index (κ2) is 4.52. The predicted molar refractivity (Wildman–Crippen MR) is 64.2 cm³/mol. The maximum absolute atomic E-state index is 9.84. The van der Waals surface area contributed by atoms with Crippen molar-refractivity contribution in [2.24, 2.45) is 5.73 Å². The van der Waals surface area contributed by atoms with E-state index in [-0.39, 0.29) is 0 Å². The molecule has 84 valence electrons. The first kappa shape index (κ1) is 12.5. The zero-order valence-corrected chi connectivity index (χ0v) is 10.2. The molecule has 0 heterocycles. The zero-order chi connectivity index (χ0) is 11.6. The van der Waals surface area contributed by atoms with Gasteiger partial charge in [0.2, 0.25) is 0 Å². The lowest BCUT2D eigenvalue weighted by atomic mass is 9.92. The smallest absolute Gasteiger partial charge is 0.0754 e. The lowest BCUT2D eigenvalue weighted by Gasteiger charge is -2.25. The number of nitrogens with two attached hydrogens (primary N) is 1. The summed E-state index contributed by atoms with van der Waals surface area (Å²) in [6.45, 7) is 5.59. The van der Waals surface area contributed by atoms with Gasteiger partial charge in [-0.3, -0.25) is 0 Å². The van der Waals surface area contributed by atoms with Gasteiger partial charge in [0.15, 0.2) is 0 Å². The molecule has 15 heavy (non-hydrogen) atoms. The summed E-state index contributed by atoms with van der Waals surface area (Å²) in [5.74, 6) is 0. The first-order chi connectivity index (χ1) is 6.80. The van der Waals surface area contributed by atoms with Crippen LogP contribution < -0.4 is 5.73 Å². The summed E-state index contributed by atoms with van der Waals surface area (Å²) < 4.78 is 0. The van der Waals surface area contributed by atoms with Crippen LogP contribution in [-0.2, 0) is 6.42 Å². The maximum Gasteiger partial charge on any atom is 0.0754 e. The number of benzene rings is 1. The second-order valence-electron chi connectivity index (χ2n) is 4.62. The number of aliphatic hydroxyl groups excluding tert-OH is 1.